The number of nitrogens with zero attached hydrogens (tertiary/aromatic N) is 2. The van der Waals surface area contributed by atoms with Crippen LogP contribution in [0.25, 0.3) is 11.1 Å². The number of nitrogens with two attached hydrogens (primary N) is 1. The number of fused-ring (bicyclic) bond motifs is 1. The Bertz CT molecular complexity index is 1390. The van der Waals surface area contributed by atoms with Crippen molar-refractivity contribution in [3.05, 3.63) is 83.4 Å². The maximum absolute atomic E-state index is 14.5. The zero-order valence-electron chi connectivity index (χ0n) is 20.9. The number of carboxylic acid groups (broad SMARTS) is 1. The molecule has 1 heterocycles. The molecule has 8 nitrogen and oxygen atoms in total. The molecule has 0 spiro atoms. The van der Waals surface area contributed by atoms with E-state index in [9.17, 15) is 28.3 Å². The van der Waals surface area contributed by atoms with E-state index in [4.69, 9.17) is 10.5 Å². The van der Waals surface area contributed by atoms with Gasteiger partial charge in [0.25, 0.3) is 5.91 Å². The van der Waals surface area contributed by atoms with E-state index >= 15 is 0 Å². The molecule has 0 bridgehead atoms. The molecule has 1 aliphatic rings. The zero-order valence-corrected chi connectivity index (χ0v) is 20.9. The lowest BCUT2D eigenvalue weighted by Gasteiger charge is -2.33. The molecule has 0 aromatic heterocycles. The van der Waals surface area contributed by atoms with Gasteiger partial charge in [-0.3, -0.25) is 9.59 Å². The van der Waals surface area contributed by atoms with Gasteiger partial charge < -0.3 is 25.4 Å². The smallest absolute Gasteiger partial charge is 0.329 e. The number of halogens is 2. The molecule has 0 unspecified atom stereocenters. The lowest BCUT2D eigenvalue weighted by atomic mass is 9.98. The number of ether oxygens (including phenoxy) is 1. The van der Waals surface area contributed by atoms with Crippen LogP contribution < -0.4 is 15.4 Å². The van der Waals surface area contributed by atoms with E-state index in [0.717, 1.165) is 16.5 Å². The average Bonchev–Trinajstić information content (AvgIpc) is 2.99. The summed E-state index contributed by atoms with van der Waals surface area (Å²) in [5, 5.41) is 9.80. The number of hydrogen-bond acceptors (Lipinski definition) is 5. The van der Waals surface area contributed by atoms with Crippen LogP contribution in [0.1, 0.15) is 29.8 Å². The Morgan fingerprint density at radius 2 is 1.71 bits per heavy atom. The van der Waals surface area contributed by atoms with Crippen molar-refractivity contribution < 1.29 is 33.0 Å². The lowest BCUT2D eigenvalue weighted by Crippen LogP contribution is -2.55. The van der Waals surface area contributed by atoms with E-state index in [1.54, 1.807) is 42.5 Å². The Balaban J connectivity index is 1.81. The van der Waals surface area contributed by atoms with Crippen molar-refractivity contribution in [3.8, 4) is 16.9 Å². The quantitative estimate of drug-likeness (QED) is 0.464. The van der Waals surface area contributed by atoms with Crippen LogP contribution in [0.5, 0.6) is 5.75 Å². The van der Waals surface area contributed by atoms with E-state index in [-0.39, 0.29) is 23.4 Å². The SMILES string of the molecule is CC(C)(C(=O)O)N1CC(=O)N(Cc2ccc(F)cc2F)c2ccc(-c3ccc(OCCN)cc3)cc2C1=O. The highest BCUT2D eigenvalue weighted by Gasteiger charge is 2.43. The van der Waals surface area contributed by atoms with Gasteiger partial charge in [0.1, 0.15) is 36.1 Å². The number of carbonyl (C=O) groups excluding carboxylic acids is 2. The number of anilines is 1. The van der Waals surface area contributed by atoms with Gasteiger partial charge in [-0.1, -0.05) is 24.3 Å². The highest BCUT2D eigenvalue weighted by atomic mass is 19.1. The summed E-state index contributed by atoms with van der Waals surface area (Å²) in [6.45, 7) is 2.57. The molecule has 38 heavy (non-hydrogen) atoms. The van der Waals surface area contributed by atoms with Gasteiger partial charge in [-0.25, -0.2) is 13.6 Å². The molecule has 0 saturated carbocycles. The molecule has 3 aromatic carbocycles. The maximum Gasteiger partial charge on any atom is 0.329 e. The number of aliphatic carboxylic acids is 1. The minimum atomic E-state index is -1.71. The number of carboxylic acids is 1. The van der Waals surface area contributed by atoms with Crippen molar-refractivity contribution in [1.29, 1.82) is 0 Å². The van der Waals surface area contributed by atoms with E-state index < -0.39 is 41.5 Å². The number of carbonyl (C=O) groups is 3. The van der Waals surface area contributed by atoms with Crippen LogP contribution in [-0.2, 0) is 16.1 Å². The molecule has 198 valence electrons. The van der Waals surface area contributed by atoms with E-state index in [2.05, 4.69) is 0 Å². The summed E-state index contributed by atoms with van der Waals surface area (Å²) in [7, 11) is 0. The summed E-state index contributed by atoms with van der Waals surface area (Å²) in [5.41, 5.74) is 5.46. The Morgan fingerprint density at radius 1 is 1.03 bits per heavy atom. The van der Waals surface area contributed by atoms with Crippen molar-refractivity contribution in [3.63, 3.8) is 0 Å². The number of rotatable bonds is 8. The van der Waals surface area contributed by atoms with Crippen LogP contribution >= 0.6 is 0 Å². The normalized spacial score (nSPS) is 13.8. The molecule has 0 aliphatic carbocycles. The fourth-order valence-corrected chi connectivity index (χ4v) is 4.18. The first-order chi connectivity index (χ1) is 18.0. The van der Waals surface area contributed by atoms with E-state index in [1.807, 2.05) is 0 Å². The average molecular weight is 524 g/mol. The van der Waals surface area contributed by atoms with Crippen LogP contribution in [0.15, 0.2) is 60.7 Å². The number of hydrogen-bond donors (Lipinski definition) is 2. The molecule has 3 aromatic rings. The molecule has 10 heteroatoms. The maximum atomic E-state index is 14.5. The number of benzene rings is 3. The molecule has 1 aliphatic heterocycles. The zero-order chi connectivity index (χ0) is 27.6. The second-order valence-electron chi connectivity index (χ2n) is 9.36. The molecule has 3 N–H and O–H groups in total. The Kier molecular flexibility index (Phi) is 7.45. The molecule has 0 fully saturated rings. The third kappa shape index (κ3) is 5.21. The van der Waals surface area contributed by atoms with Crippen LogP contribution in [-0.4, -0.2) is 53.0 Å². The van der Waals surface area contributed by atoms with Gasteiger partial charge in [0, 0.05) is 18.2 Å². The minimum Gasteiger partial charge on any atom is -0.492 e. The largest absolute Gasteiger partial charge is 0.492 e. The second-order valence-corrected chi connectivity index (χ2v) is 9.36. The van der Waals surface area contributed by atoms with Crippen molar-refractivity contribution in [1.82, 2.24) is 4.90 Å². The topological polar surface area (TPSA) is 113 Å². The van der Waals surface area contributed by atoms with Gasteiger partial charge in [-0.2, -0.15) is 0 Å². The second kappa shape index (κ2) is 10.6. The highest BCUT2D eigenvalue weighted by Crippen LogP contribution is 2.34. The number of amides is 2. The fraction of sp³-hybridized carbons (Fsp3) is 0.250. The predicted octanol–water partition coefficient (Wildman–Crippen LogP) is 3.82. The molecular formula is C28H27F2N3O5. The Labute approximate surface area is 218 Å². The van der Waals surface area contributed by atoms with Gasteiger partial charge in [-0.05, 0) is 55.3 Å². The van der Waals surface area contributed by atoms with Gasteiger partial charge in [0.05, 0.1) is 17.8 Å². The highest BCUT2D eigenvalue weighted by molar-refractivity contribution is 6.11. The summed E-state index contributed by atoms with van der Waals surface area (Å²) < 4.78 is 33.5. The summed E-state index contributed by atoms with van der Waals surface area (Å²) >= 11 is 0. The third-order valence-electron chi connectivity index (χ3n) is 6.47. The first-order valence-electron chi connectivity index (χ1n) is 11.9. The van der Waals surface area contributed by atoms with Crippen LogP contribution in [0.2, 0.25) is 0 Å². The van der Waals surface area contributed by atoms with Crippen molar-refractivity contribution in [2.75, 3.05) is 24.6 Å². The summed E-state index contributed by atoms with van der Waals surface area (Å²) in [4.78, 5) is 41.3. The van der Waals surface area contributed by atoms with Crippen molar-refractivity contribution in [2.45, 2.75) is 25.9 Å². The van der Waals surface area contributed by atoms with Gasteiger partial charge in [0.15, 0.2) is 0 Å². The van der Waals surface area contributed by atoms with Gasteiger partial charge >= 0.3 is 5.97 Å². The summed E-state index contributed by atoms with van der Waals surface area (Å²) in [6, 6.07) is 15.0. The summed E-state index contributed by atoms with van der Waals surface area (Å²) in [5.74, 6) is -3.54. The Morgan fingerprint density at radius 3 is 2.34 bits per heavy atom. The molecule has 2 amide bonds. The summed E-state index contributed by atoms with van der Waals surface area (Å²) in [6.07, 6.45) is 0. The first-order valence-corrected chi connectivity index (χ1v) is 11.9. The molecule has 0 atom stereocenters. The van der Waals surface area contributed by atoms with E-state index in [1.165, 1.54) is 24.8 Å². The fourth-order valence-electron chi connectivity index (χ4n) is 4.18. The predicted molar refractivity (Wildman–Crippen MR) is 137 cm³/mol. The van der Waals surface area contributed by atoms with Gasteiger partial charge in [0.2, 0.25) is 5.91 Å². The molecule has 0 radical (unpaired) electrons. The van der Waals surface area contributed by atoms with Gasteiger partial charge in [-0.15, -0.1) is 0 Å². The van der Waals surface area contributed by atoms with Crippen LogP contribution in [0.4, 0.5) is 14.5 Å². The van der Waals surface area contributed by atoms with Crippen molar-refractivity contribution >= 4 is 23.5 Å². The minimum absolute atomic E-state index is 0.0428. The standard InChI is InChI=1S/C28H27F2N3O5/c1-28(2,27(36)37)33-16-25(34)32(15-19-3-7-20(29)14-23(19)30)24-10-6-18(13-22(24)26(33)35)17-4-8-21(9-5-17)38-12-11-31/h3-10,13-14H,11-12,15-16,31H2,1-2H3,(H,36,37). The molecule has 0 saturated heterocycles. The first kappa shape index (κ1) is 26.7. The Hall–Kier alpha value is -4.31. The molecular weight excluding hydrogens is 496 g/mol. The molecule has 4 rings (SSSR count). The lowest BCUT2D eigenvalue weighted by molar-refractivity contribution is -0.148. The van der Waals surface area contributed by atoms with Crippen molar-refractivity contribution in [2.24, 2.45) is 5.73 Å². The third-order valence-corrected chi connectivity index (χ3v) is 6.47. The van der Waals surface area contributed by atoms with E-state index in [0.29, 0.717) is 30.5 Å². The monoisotopic (exact) mass is 523 g/mol. The van der Waals surface area contributed by atoms with Crippen LogP contribution in [0.3, 0.4) is 0 Å². The van der Waals surface area contributed by atoms with Crippen LogP contribution in [0, 0.1) is 11.6 Å².